The second kappa shape index (κ2) is 8.63. The van der Waals surface area contributed by atoms with E-state index >= 15 is 0 Å². The summed E-state index contributed by atoms with van der Waals surface area (Å²) in [7, 11) is 0. The average molecular weight is 351 g/mol. The molecule has 1 aromatic carbocycles. The second-order valence-electron chi connectivity index (χ2n) is 6.75. The van der Waals surface area contributed by atoms with E-state index in [9.17, 15) is 9.59 Å². The van der Waals surface area contributed by atoms with Gasteiger partial charge in [-0.25, -0.2) is 0 Å². The highest BCUT2D eigenvalue weighted by Crippen LogP contribution is 2.23. The van der Waals surface area contributed by atoms with E-state index in [2.05, 4.69) is 24.4 Å². The Morgan fingerprint density at radius 2 is 1.92 bits per heavy atom. The Balaban J connectivity index is 0.00000208. The summed E-state index contributed by atoms with van der Waals surface area (Å²) in [4.78, 5) is 26.6. The van der Waals surface area contributed by atoms with Crippen molar-refractivity contribution in [1.29, 1.82) is 0 Å². The Bertz CT molecular complexity index is 603. The first-order chi connectivity index (χ1) is 11.1. The Kier molecular flexibility index (Phi) is 6.81. The van der Waals surface area contributed by atoms with Crippen LogP contribution in [-0.4, -0.2) is 42.3 Å². The van der Waals surface area contributed by atoms with Crippen molar-refractivity contribution in [2.45, 2.75) is 51.5 Å². The molecule has 1 amide bonds. The van der Waals surface area contributed by atoms with Gasteiger partial charge in [-0.3, -0.25) is 9.59 Å². The minimum Gasteiger partial charge on any atom is -0.337 e. The minimum atomic E-state index is 0. The maximum atomic E-state index is 12.4. The average Bonchev–Trinajstić information content (AvgIpc) is 2.59. The van der Waals surface area contributed by atoms with Crippen LogP contribution in [0.15, 0.2) is 18.2 Å². The van der Waals surface area contributed by atoms with Gasteiger partial charge < -0.3 is 10.2 Å². The standard InChI is InChI=1S/C19H26N2O2.ClH/c1-14-13-20-10-11-21(14)19(23)9-8-18(22)17-7-6-15-4-2-3-5-16(15)12-17;/h6-7,12,14,20H,2-5,8-11,13H2,1H3;1H/t14-;/m0./s1. The maximum absolute atomic E-state index is 12.4. The Morgan fingerprint density at radius 1 is 1.17 bits per heavy atom. The first-order valence-electron chi connectivity index (χ1n) is 8.80. The normalized spacial score (nSPS) is 20.0. The smallest absolute Gasteiger partial charge is 0.223 e. The van der Waals surface area contributed by atoms with E-state index in [1.54, 1.807) is 0 Å². The third kappa shape index (κ3) is 4.37. The summed E-state index contributed by atoms with van der Waals surface area (Å²) in [6, 6.07) is 6.30. The second-order valence-corrected chi connectivity index (χ2v) is 6.75. The zero-order chi connectivity index (χ0) is 16.2. The van der Waals surface area contributed by atoms with E-state index in [-0.39, 0.29) is 30.1 Å². The number of ketones is 1. The molecule has 1 aliphatic carbocycles. The number of carbonyl (C=O) groups is 2. The first kappa shape index (κ1) is 18.9. The van der Waals surface area contributed by atoms with Crippen LogP contribution < -0.4 is 5.32 Å². The molecule has 1 saturated heterocycles. The number of halogens is 1. The van der Waals surface area contributed by atoms with Crippen LogP contribution in [0.3, 0.4) is 0 Å². The molecular formula is C19H27ClN2O2. The van der Waals surface area contributed by atoms with E-state index in [0.29, 0.717) is 12.8 Å². The number of piperazine rings is 1. The van der Waals surface area contributed by atoms with Gasteiger partial charge in [-0.1, -0.05) is 12.1 Å². The number of carbonyl (C=O) groups excluding carboxylic acids is 2. The quantitative estimate of drug-likeness (QED) is 0.849. The molecule has 0 aromatic heterocycles. The molecular weight excluding hydrogens is 324 g/mol. The monoisotopic (exact) mass is 350 g/mol. The summed E-state index contributed by atoms with van der Waals surface area (Å²) in [5.74, 6) is 0.194. The van der Waals surface area contributed by atoms with Crippen molar-refractivity contribution in [3.05, 3.63) is 34.9 Å². The maximum Gasteiger partial charge on any atom is 0.223 e. The zero-order valence-electron chi connectivity index (χ0n) is 14.3. The molecule has 0 saturated carbocycles. The van der Waals surface area contributed by atoms with Gasteiger partial charge >= 0.3 is 0 Å². The SMILES string of the molecule is C[C@H]1CNCCN1C(=O)CCC(=O)c1ccc2c(c1)CCCC2.Cl. The highest BCUT2D eigenvalue weighted by molar-refractivity contribution is 5.98. The summed E-state index contributed by atoms with van der Waals surface area (Å²) in [6.07, 6.45) is 5.30. The van der Waals surface area contributed by atoms with Gasteiger partial charge in [0.15, 0.2) is 5.78 Å². The topological polar surface area (TPSA) is 49.4 Å². The van der Waals surface area contributed by atoms with Crippen LogP contribution in [0.1, 0.15) is 54.1 Å². The van der Waals surface area contributed by atoms with Gasteiger partial charge in [0.25, 0.3) is 0 Å². The number of Topliss-reactive ketones (excluding diaryl/α,β-unsaturated/α-hetero) is 1. The van der Waals surface area contributed by atoms with E-state index in [0.717, 1.165) is 38.0 Å². The van der Waals surface area contributed by atoms with Gasteiger partial charge in [0.05, 0.1) is 0 Å². The highest BCUT2D eigenvalue weighted by atomic mass is 35.5. The fourth-order valence-corrected chi connectivity index (χ4v) is 3.63. The van der Waals surface area contributed by atoms with Gasteiger partial charge in [0.2, 0.25) is 5.91 Å². The number of amides is 1. The molecule has 0 radical (unpaired) electrons. The van der Waals surface area contributed by atoms with Crippen molar-refractivity contribution in [2.75, 3.05) is 19.6 Å². The number of hydrogen-bond donors (Lipinski definition) is 1. The van der Waals surface area contributed by atoms with Crippen molar-refractivity contribution < 1.29 is 9.59 Å². The molecule has 0 unspecified atom stereocenters. The highest BCUT2D eigenvalue weighted by Gasteiger charge is 2.23. The van der Waals surface area contributed by atoms with Crippen LogP contribution in [0.5, 0.6) is 0 Å². The molecule has 132 valence electrons. The van der Waals surface area contributed by atoms with Crippen LogP contribution >= 0.6 is 12.4 Å². The molecule has 1 atom stereocenters. The molecule has 3 rings (SSSR count). The van der Waals surface area contributed by atoms with Gasteiger partial charge in [0.1, 0.15) is 0 Å². The molecule has 0 spiro atoms. The molecule has 5 heteroatoms. The molecule has 1 aromatic rings. The third-order valence-electron chi connectivity index (χ3n) is 5.06. The van der Waals surface area contributed by atoms with Crippen LogP contribution in [-0.2, 0) is 17.6 Å². The van der Waals surface area contributed by atoms with Crippen molar-refractivity contribution in [2.24, 2.45) is 0 Å². The Hall–Kier alpha value is -1.39. The predicted octanol–water partition coefficient (Wildman–Crippen LogP) is 2.77. The lowest BCUT2D eigenvalue weighted by atomic mass is 9.89. The number of nitrogens with zero attached hydrogens (tertiary/aromatic N) is 1. The Labute approximate surface area is 150 Å². The van der Waals surface area contributed by atoms with Crippen molar-refractivity contribution in [1.82, 2.24) is 10.2 Å². The van der Waals surface area contributed by atoms with Crippen LogP contribution in [0, 0.1) is 0 Å². The molecule has 1 aliphatic heterocycles. The number of aryl methyl sites for hydroxylation is 2. The fourth-order valence-electron chi connectivity index (χ4n) is 3.63. The third-order valence-corrected chi connectivity index (χ3v) is 5.06. The van der Waals surface area contributed by atoms with Crippen LogP contribution in [0.2, 0.25) is 0 Å². The van der Waals surface area contributed by atoms with Crippen molar-refractivity contribution in [3.8, 4) is 0 Å². The molecule has 1 fully saturated rings. The van der Waals surface area contributed by atoms with Crippen LogP contribution in [0.4, 0.5) is 0 Å². The summed E-state index contributed by atoms with van der Waals surface area (Å²) >= 11 is 0. The fraction of sp³-hybridized carbons (Fsp3) is 0.579. The molecule has 1 heterocycles. The number of benzene rings is 1. The summed E-state index contributed by atoms with van der Waals surface area (Å²) in [5.41, 5.74) is 3.48. The molecule has 4 nitrogen and oxygen atoms in total. The van der Waals surface area contributed by atoms with Gasteiger partial charge in [-0.15, -0.1) is 12.4 Å². The van der Waals surface area contributed by atoms with E-state index in [1.165, 1.54) is 24.0 Å². The predicted molar refractivity (Wildman–Crippen MR) is 97.9 cm³/mol. The zero-order valence-corrected chi connectivity index (χ0v) is 15.2. The lowest BCUT2D eigenvalue weighted by molar-refractivity contribution is -0.133. The summed E-state index contributed by atoms with van der Waals surface area (Å²) in [5, 5.41) is 3.28. The van der Waals surface area contributed by atoms with E-state index in [1.807, 2.05) is 11.0 Å². The molecule has 0 bridgehead atoms. The molecule has 2 aliphatic rings. The first-order valence-corrected chi connectivity index (χ1v) is 8.80. The largest absolute Gasteiger partial charge is 0.337 e. The van der Waals surface area contributed by atoms with Gasteiger partial charge in [-0.2, -0.15) is 0 Å². The number of fused-ring (bicyclic) bond motifs is 1. The molecule has 1 N–H and O–H groups in total. The number of rotatable bonds is 4. The Morgan fingerprint density at radius 3 is 2.67 bits per heavy atom. The van der Waals surface area contributed by atoms with Gasteiger partial charge in [0, 0.05) is 44.1 Å². The molecule has 24 heavy (non-hydrogen) atoms. The minimum absolute atomic E-state index is 0. The summed E-state index contributed by atoms with van der Waals surface area (Å²) in [6.45, 7) is 4.47. The summed E-state index contributed by atoms with van der Waals surface area (Å²) < 4.78 is 0. The van der Waals surface area contributed by atoms with E-state index < -0.39 is 0 Å². The lowest BCUT2D eigenvalue weighted by Crippen LogP contribution is -2.52. The van der Waals surface area contributed by atoms with Crippen LogP contribution in [0.25, 0.3) is 0 Å². The van der Waals surface area contributed by atoms with Crippen molar-refractivity contribution >= 4 is 24.1 Å². The lowest BCUT2D eigenvalue weighted by Gasteiger charge is -2.34. The van der Waals surface area contributed by atoms with Gasteiger partial charge in [-0.05, 0) is 49.8 Å². The number of hydrogen-bond acceptors (Lipinski definition) is 3. The number of nitrogens with one attached hydrogen (secondary N) is 1. The van der Waals surface area contributed by atoms with Crippen molar-refractivity contribution in [3.63, 3.8) is 0 Å². The van der Waals surface area contributed by atoms with E-state index in [4.69, 9.17) is 0 Å².